The van der Waals surface area contributed by atoms with Crippen molar-refractivity contribution in [3.8, 4) is 0 Å². The Hall–Kier alpha value is -1.92. The number of ether oxygens (including phenoxy) is 2. The number of carbonyl (C=O) groups excluding carboxylic acids is 3. The number of rotatable bonds is 2. The molecule has 0 aromatic heterocycles. The van der Waals surface area contributed by atoms with Crippen LogP contribution < -0.4 is 10.6 Å². The zero-order valence-electron chi connectivity index (χ0n) is 19.9. The molecule has 0 bridgehead atoms. The van der Waals surface area contributed by atoms with Gasteiger partial charge in [-0.3, -0.25) is 4.79 Å². The Morgan fingerprint density at radius 1 is 0.938 bits per heavy atom. The van der Waals surface area contributed by atoms with E-state index in [-0.39, 0.29) is 25.3 Å². The quantitative estimate of drug-likeness (QED) is 0.409. The molecule has 9 heteroatoms. The standard InChI is InChI=1S/C10H17NO3.C10H15NO3.C2H7P.CH4/c2*1-10(2,3)14-9(13)11-7-4-5-8(12)6-7;1-3-2;/h4-5,7-8,12H,6H2,1-3H3,(H,11,13);4-5,7H,6H2,1-3H3,(H,11,13);3H,1-2H3;1H4. The summed E-state index contributed by atoms with van der Waals surface area (Å²) in [4.78, 5) is 33.4. The van der Waals surface area contributed by atoms with E-state index in [0.717, 1.165) is 8.58 Å². The number of amides is 2. The minimum absolute atomic E-state index is 0. The molecule has 186 valence electrons. The first-order valence-corrected chi connectivity index (χ1v) is 12.3. The molecule has 0 saturated heterocycles. The fourth-order valence-corrected chi connectivity index (χ4v) is 2.38. The normalized spacial score (nSPS) is 21.3. The Morgan fingerprint density at radius 3 is 1.69 bits per heavy atom. The van der Waals surface area contributed by atoms with Crippen LogP contribution in [0.15, 0.2) is 24.3 Å². The zero-order chi connectivity index (χ0) is 24.2. The summed E-state index contributed by atoms with van der Waals surface area (Å²) in [6, 6.07) is -0.322. The molecular formula is C23H43N2O6P. The maximum absolute atomic E-state index is 11.3. The van der Waals surface area contributed by atoms with Gasteiger partial charge in [0.1, 0.15) is 11.2 Å². The molecule has 2 amide bonds. The second kappa shape index (κ2) is 15.0. The second-order valence-electron chi connectivity index (χ2n) is 9.22. The summed E-state index contributed by atoms with van der Waals surface area (Å²) in [5.41, 5.74) is -0.985. The van der Waals surface area contributed by atoms with E-state index in [4.69, 9.17) is 14.6 Å². The average Bonchev–Trinajstić information content (AvgIpc) is 3.13. The maximum Gasteiger partial charge on any atom is 0.408 e. The van der Waals surface area contributed by atoms with Gasteiger partial charge in [-0.25, -0.2) is 9.59 Å². The third-order valence-corrected chi connectivity index (χ3v) is 3.40. The third-order valence-electron chi connectivity index (χ3n) is 3.40. The van der Waals surface area contributed by atoms with E-state index in [9.17, 15) is 14.4 Å². The number of allylic oxidation sites excluding steroid dienone is 1. The van der Waals surface area contributed by atoms with Crippen LogP contribution in [0, 0.1) is 0 Å². The summed E-state index contributed by atoms with van der Waals surface area (Å²) in [7, 11) is 1.08. The molecule has 0 radical (unpaired) electrons. The van der Waals surface area contributed by atoms with Gasteiger partial charge in [-0.1, -0.05) is 25.7 Å². The number of nitrogens with one attached hydrogen (secondary N) is 2. The molecule has 0 aromatic carbocycles. The fourth-order valence-electron chi connectivity index (χ4n) is 2.38. The van der Waals surface area contributed by atoms with Crippen molar-refractivity contribution in [1.29, 1.82) is 0 Å². The molecule has 2 aliphatic carbocycles. The summed E-state index contributed by atoms with van der Waals surface area (Å²) in [6.07, 6.45) is 6.07. The van der Waals surface area contributed by atoms with Gasteiger partial charge in [0.2, 0.25) is 0 Å². The topological polar surface area (TPSA) is 114 Å². The van der Waals surface area contributed by atoms with Crippen LogP contribution in [0.25, 0.3) is 0 Å². The lowest BCUT2D eigenvalue weighted by Gasteiger charge is -2.21. The van der Waals surface area contributed by atoms with Gasteiger partial charge in [-0.2, -0.15) is 0 Å². The number of carbonyl (C=O) groups is 3. The number of aliphatic hydroxyl groups is 1. The SMILES string of the molecule is C.CC(C)(C)OC(=O)NC1C=CC(=O)C1.CC(C)(C)OC(=O)NC1C=CC(O)C1.CPC. The van der Waals surface area contributed by atoms with Crippen molar-refractivity contribution in [1.82, 2.24) is 10.6 Å². The average molecular weight is 475 g/mol. The second-order valence-corrected chi connectivity index (χ2v) is 10.2. The Kier molecular flexibility index (Phi) is 15.1. The van der Waals surface area contributed by atoms with Gasteiger partial charge in [0.25, 0.3) is 0 Å². The summed E-state index contributed by atoms with van der Waals surface area (Å²) in [5, 5.41) is 14.4. The summed E-state index contributed by atoms with van der Waals surface area (Å²) in [5.74, 6) is 0.0334. The monoisotopic (exact) mass is 474 g/mol. The van der Waals surface area contributed by atoms with Crippen LogP contribution in [0.2, 0.25) is 0 Å². The van der Waals surface area contributed by atoms with Gasteiger partial charge in [-0.05, 0) is 60.9 Å². The summed E-state index contributed by atoms with van der Waals surface area (Å²) >= 11 is 0. The van der Waals surface area contributed by atoms with Crippen molar-refractivity contribution >= 4 is 26.6 Å². The molecule has 0 heterocycles. The van der Waals surface area contributed by atoms with Crippen molar-refractivity contribution in [2.75, 3.05) is 13.3 Å². The molecule has 0 fully saturated rings. The summed E-state index contributed by atoms with van der Waals surface area (Å²) < 4.78 is 10.1. The van der Waals surface area contributed by atoms with Gasteiger partial charge >= 0.3 is 12.2 Å². The van der Waals surface area contributed by atoms with E-state index >= 15 is 0 Å². The molecule has 3 unspecified atom stereocenters. The minimum atomic E-state index is -0.504. The smallest absolute Gasteiger partial charge is 0.408 e. The highest BCUT2D eigenvalue weighted by Crippen LogP contribution is 2.12. The van der Waals surface area contributed by atoms with Crippen LogP contribution in [0.5, 0.6) is 0 Å². The van der Waals surface area contributed by atoms with E-state index < -0.39 is 29.5 Å². The van der Waals surface area contributed by atoms with Crippen LogP contribution in [0.4, 0.5) is 9.59 Å². The molecule has 0 aliphatic heterocycles. The van der Waals surface area contributed by atoms with Crippen molar-refractivity contribution in [3.63, 3.8) is 0 Å². The molecule has 2 aliphatic rings. The van der Waals surface area contributed by atoms with Crippen LogP contribution in [0.1, 0.15) is 61.8 Å². The van der Waals surface area contributed by atoms with Crippen molar-refractivity contribution < 1.29 is 29.0 Å². The number of ketones is 1. The van der Waals surface area contributed by atoms with Crippen molar-refractivity contribution in [3.05, 3.63) is 24.3 Å². The van der Waals surface area contributed by atoms with E-state index in [2.05, 4.69) is 24.0 Å². The Bertz CT molecular complexity index is 650. The Balaban J connectivity index is 0. The number of hydrogen-bond donors (Lipinski definition) is 3. The van der Waals surface area contributed by atoms with Gasteiger partial charge in [-0.15, -0.1) is 8.58 Å². The predicted octanol–water partition coefficient (Wildman–Crippen LogP) is 4.17. The van der Waals surface area contributed by atoms with Crippen LogP contribution in [-0.4, -0.2) is 65.8 Å². The maximum atomic E-state index is 11.3. The van der Waals surface area contributed by atoms with Crippen molar-refractivity contribution in [2.45, 2.75) is 91.2 Å². The predicted molar refractivity (Wildman–Crippen MR) is 132 cm³/mol. The molecule has 3 atom stereocenters. The first kappa shape index (κ1) is 32.3. The van der Waals surface area contributed by atoms with E-state index in [0.29, 0.717) is 12.8 Å². The Labute approximate surface area is 195 Å². The van der Waals surface area contributed by atoms with Crippen molar-refractivity contribution in [2.24, 2.45) is 0 Å². The molecule has 8 nitrogen and oxygen atoms in total. The van der Waals surface area contributed by atoms with Gasteiger partial charge < -0.3 is 25.2 Å². The molecular weight excluding hydrogens is 431 g/mol. The molecule has 0 spiro atoms. The van der Waals surface area contributed by atoms with Gasteiger partial charge in [0.15, 0.2) is 5.78 Å². The lowest BCUT2D eigenvalue weighted by atomic mass is 10.2. The number of alkyl carbamates (subject to hydrolysis) is 2. The van der Waals surface area contributed by atoms with Gasteiger partial charge in [0, 0.05) is 12.8 Å². The summed E-state index contributed by atoms with van der Waals surface area (Å²) in [6.45, 7) is 15.1. The molecule has 0 aromatic rings. The number of hydrogen-bond acceptors (Lipinski definition) is 6. The number of aliphatic hydroxyl groups excluding tert-OH is 1. The van der Waals surface area contributed by atoms with Crippen LogP contribution >= 0.6 is 8.58 Å². The molecule has 3 N–H and O–H groups in total. The molecule has 0 saturated carbocycles. The lowest BCUT2D eigenvalue weighted by Crippen LogP contribution is -2.38. The largest absolute Gasteiger partial charge is 0.444 e. The first-order valence-electron chi connectivity index (χ1n) is 10.3. The highest BCUT2D eigenvalue weighted by molar-refractivity contribution is 7.35. The lowest BCUT2D eigenvalue weighted by molar-refractivity contribution is -0.114. The minimum Gasteiger partial charge on any atom is -0.444 e. The zero-order valence-corrected chi connectivity index (χ0v) is 20.9. The third kappa shape index (κ3) is 17.7. The van der Waals surface area contributed by atoms with Crippen LogP contribution in [0.3, 0.4) is 0 Å². The van der Waals surface area contributed by atoms with Gasteiger partial charge in [0.05, 0.1) is 18.2 Å². The first-order chi connectivity index (χ1) is 14.1. The molecule has 2 rings (SSSR count). The Morgan fingerprint density at radius 2 is 1.38 bits per heavy atom. The fraction of sp³-hybridized carbons (Fsp3) is 0.696. The van der Waals surface area contributed by atoms with Crippen LogP contribution in [-0.2, 0) is 14.3 Å². The molecule has 32 heavy (non-hydrogen) atoms. The highest BCUT2D eigenvalue weighted by atomic mass is 31.1. The van der Waals surface area contributed by atoms with E-state index in [1.165, 1.54) is 6.08 Å². The highest BCUT2D eigenvalue weighted by Gasteiger charge is 2.23. The van der Waals surface area contributed by atoms with E-state index in [1.54, 1.807) is 39.0 Å². The van der Waals surface area contributed by atoms with E-state index in [1.807, 2.05) is 20.8 Å².